The molecule has 4 aromatic rings. The summed E-state index contributed by atoms with van der Waals surface area (Å²) in [5.41, 5.74) is 5.51. The van der Waals surface area contributed by atoms with Gasteiger partial charge in [-0.15, -0.1) is 5.10 Å². The standard InChI is InChI=1S/C25H26ClN7O/c1-16-5-4-6-20(15-16)27-25(34)32-13-11-31(12-14-32)24-23-22(17(2)28-29-24)18(3)33(30-23)21-9-7-19(26)8-10-21/h4-10,15H,11-14H2,1-3H3,(H,27,34). The van der Waals surface area contributed by atoms with Crippen LogP contribution >= 0.6 is 11.6 Å². The van der Waals surface area contributed by atoms with Crippen molar-refractivity contribution in [1.82, 2.24) is 24.9 Å². The molecule has 5 rings (SSSR count). The number of fused-ring (bicyclic) bond motifs is 1. The topological polar surface area (TPSA) is 79.2 Å². The third kappa shape index (κ3) is 4.17. The van der Waals surface area contributed by atoms with Crippen LogP contribution < -0.4 is 10.2 Å². The second kappa shape index (κ2) is 8.95. The van der Waals surface area contributed by atoms with Crippen LogP contribution in [0.1, 0.15) is 17.0 Å². The van der Waals surface area contributed by atoms with Gasteiger partial charge in [-0.3, -0.25) is 0 Å². The molecule has 0 spiro atoms. The molecule has 1 N–H and O–H groups in total. The normalized spacial score (nSPS) is 14.0. The summed E-state index contributed by atoms with van der Waals surface area (Å²) in [6.45, 7) is 8.48. The zero-order chi connectivity index (χ0) is 23.8. The molecular formula is C25H26ClN7O. The monoisotopic (exact) mass is 475 g/mol. The van der Waals surface area contributed by atoms with Gasteiger partial charge in [-0.05, 0) is 62.7 Å². The molecule has 3 heterocycles. The Labute approximate surface area is 203 Å². The van der Waals surface area contributed by atoms with Crippen LogP contribution in [0.4, 0.5) is 16.3 Å². The fourth-order valence-electron chi connectivity index (χ4n) is 4.41. The molecule has 0 atom stereocenters. The third-order valence-electron chi connectivity index (χ3n) is 6.19. The number of aryl methyl sites for hydroxylation is 3. The number of benzene rings is 2. The van der Waals surface area contributed by atoms with Crippen molar-refractivity contribution in [2.45, 2.75) is 20.8 Å². The number of anilines is 2. The number of nitrogens with one attached hydrogen (secondary N) is 1. The van der Waals surface area contributed by atoms with Crippen molar-refractivity contribution in [3.63, 3.8) is 0 Å². The van der Waals surface area contributed by atoms with E-state index >= 15 is 0 Å². The van der Waals surface area contributed by atoms with Crippen LogP contribution in [0, 0.1) is 20.8 Å². The van der Waals surface area contributed by atoms with Crippen LogP contribution in [0.3, 0.4) is 0 Å². The summed E-state index contributed by atoms with van der Waals surface area (Å²) in [4.78, 5) is 16.7. The molecule has 0 bridgehead atoms. The van der Waals surface area contributed by atoms with Gasteiger partial charge in [-0.25, -0.2) is 9.48 Å². The van der Waals surface area contributed by atoms with Crippen LogP contribution in [-0.2, 0) is 0 Å². The molecule has 2 aromatic carbocycles. The molecule has 1 saturated heterocycles. The first kappa shape index (κ1) is 22.2. The fourth-order valence-corrected chi connectivity index (χ4v) is 4.53. The number of aromatic nitrogens is 4. The molecule has 2 amide bonds. The third-order valence-corrected chi connectivity index (χ3v) is 6.44. The van der Waals surface area contributed by atoms with Crippen LogP contribution in [0.2, 0.25) is 5.02 Å². The Morgan fingerprint density at radius 3 is 2.41 bits per heavy atom. The van der Waals surface area contributed by atoms with Gasteiger partial charge in [0, 0.05) is 36.9 Å². The summed E-state index contributed by atoms with van der Waals surface area (Å²) in [6, 6.07) is 15.3. The highest BCUT2D eigenvalue weighted by Gasteiger charge is 2.26. The zero-order valence-electron chi connectivity index (χ0n) is 19.4. The van der Waals surface area contributed by atoms with E-state index < -0.39 is 0 Å². The lowest BCUT2D eigenvalue weighted by molar-refractivity contribution is 0.208. The Hall–Kier alpha value is -3.65. The van der Waals surface area contributed by atoms with Gasteiger partial charge in [0.05, 0.1) is 22.5 Å². The van der Waals surface area contributed by atoms with Gasteiger partial charge in [0.25, 0.3) is 0 Å². The van der Waals surface area contributed by atoms with E-state index in [9.17, 15) is 4.79 Å². The van der Waals surface area contributed by atoms with Crippen molar-refractivity contribution in [1.29, 1.82) is 0 Å². The lowest BCUT2D eigenvalue weighted by Gasteiger charge is -2.35. The summed E-state index contributed by atoms with van der Waals surface area (Å²) >= 11 is 6.07. The summed E-state index contributed by atoms with van der Waals surface area (Å²) in [5, 5.41) is 18.5. The van der Waals surface area contributed by atoms with Crippen LogP contribution in [-0.4, -0.2) is 57.1 Å². The second-order valence-corrected chi connectivity index (χ2v) is 9.02. The molecule has 174 valence electrons. The number of amides is 2. The minimum absolute atomic E-state index is 0.0896. The van der Waals surface area contributed by atoms with Crippen molar-refractivity contribution in [2.24, 2.45) is 0 Å². The Morgan fingerprint density at radius 1 is 0.971 bits per heavy atom. The number of carbonyl (C=O) groups excluding carboxylic acids is 1. The molecule has 0 unspecified atom stereocenters. The van der Waals surface area contributed by atoms with Crippen LogP contribution in [0.25, 0.3) is 16.6 Å². The number of urea groups is 1. The van der Waals surface area contributed by atoms with Gasteiger partial charge in [0.1, 0.15) is 5.52 Å². The molecule has 1 aliphatic heterocycles. The van der Waals surface area contributed by atoms with Crippen LogP contribution in [0.5, 0.6) is 0 Å². The first-order valence-electron chi connectivity index (χ1n) is 11.3. The molecule has 0 radical (unpaired) electrons. The highest BCUT2D eigenvalue weighted by atomic mass is 35.5. The number of carbonyl (C=O) groups is 1. The summed E-state index contributed by atoms with van der Waals surface area (Å²) in [7, 11) is 0. The highest BCUT2D eigenvalue weighted by Crippen LogP contribution is 2.30. The smallest absolute Gasteiger partial charge is 0.321 e. The molecule has 9 heteroatoms. The summed E-state index contributed by atoms with van der Waals surface area (Å²) < 4.78 is 1.91. The Balaban J connectivity index is 1.37. The maximum Gasteiger partial charge on any atom is 0.321 e. The summed E-state index contributed by atoms with van der Waals surface area (Å²) in [5.74, 6) is 0.746. The van der Waals surface area contributed by atoms with E-state index in [4.69, 9.17) is 16.7 Å². The second-order valence-electron chi connectivity index (χ2n) is 8.58. The number of hydrogen-bond donors (Lipinski definition) is 1. The van der Waals surface area contributed by atoms with Gasteiger partial charge in [-0.1, -0.05) is 23.7 Å². The number of hydrogen-bond acceptors (Lipinski definition) is 5. The average molecular weight is 476 g/mol. The maximum atomic E-state index is 12.8. The van der Waals surface area contributed by atoms with E-state index in [1.807, 2.05) is 78.9 Å². The largest absolute Gasteiger partial charge is 0.350 e. The SMILES string of the molecule is Cc1cccc(NC(=O)N2CCN(c3nnc(C)c4c(C)n(-c5ccc(Cl)cc5)nc34)CC2)c1. The van der Waals surface area contributed by atoms with Gasteiger partial charge in [-0.2, -0.15) is 10.2 Å². The minimum atomic E-state index is -0.0896. The molecule has 0 saturated carbocycles. The lowest BCUT2D eigenvalue weighted by Crippen LogP contribution is -2.50. The first-order chi connectivity index (χ1) is 16.4. The van der Waals surface area contributed by atoms with Crippen molar-refractivity contribution in [3.05, 3.63) is 70.5 Å². The predicted octanol–water partition coefficient (Wildman–Crippen LogP) is 4.75. The number of rotatable bonds is 3. The fraction of sp³-hybridized carbons (Fsp3) is 0.280. The average Bonchev–Trinajstić information content (AvgIpc) is 3.18. The predicted molar refractivity (Wildman–Crippen MR) is 135 cm³/mol. The number of halogens is 1. The van der Waals surface area contributed by atoms with Crippen molar-refractivity contribution in [2.75, 3.05) is 36.4 Å². The molecule has 34 heavy (non-hydrogen) atoms. The molecule has 2 aromatic heterocycles. The zero-order valence-corrected chi connectivity index (χ0v) is 20.2. The van der Waals surface area contributed by atoms with Gasteiger partial charge < -0.3 is 15.1 Å². The molecule has 8 nitrogen and oxygen atoms in total. The Bertz CT molecular complexity index is 1360. The number of piperazine rings is 1. The minimum Gasteiger partial charge on any atom is -0.350 e. The van der Waals surface area contributed by atoms with Gasteiger partial charge in [0.15, 0.2) is 5.82 Å². The Morgan fingerprint density at radius 2 is 1.71 bits per heavy atom. The quantitative estimate of drug-likeness (QED) is 0.462. The van der Waals surface area contributed by atoms with Crippen molar-refractivity contribution in [3.8, 4) is 5.69 Å². The van der Waals surface area contributed by atoms with E-state index in [2.05, 4.69) is 20.4 Å². The van der Waals surface area contributed by atoms with Crippen LogP contribution in [0.15, 0.2) is 48.5 Å². The van der Waals surface area contributed by atoms with E-state index in [1.165, 1.54) is 0 Å². The lowest BCUT2D eigenvalue weighted by atomic mass is 10.2. The first-order valence-corrected chi connectivity index (χ1v) is 11.6. The van der Waals surface area contributed by atoms with Crippen molar-refractivity contribution >= 4 is 40.0 Å². The number of nitrogens with zero attached hydrogens (tertiary/aromatic N) is 6. The molecular weight excluding hydrogens is 450 g/mol. The highest BCUT2D eigenvalue weighted by molar-refractivity contribution is 6.30. The van der Waals surface area contributed by atoms with Gasteiger partial charge in [0.2, 0.25) is 0 Å². The van der Waals surface area contributed by atoms with E-state index in [0.717, 1.165) is 45.0 Å². The molecule has 1 fully saturated rings. The maximum absolute atomic E-state index is 12.8. The summed E-state index contributed by atoms with van der Waals surface area (Å²) in [6.07, 6.45) is 0. The van der Waals surface area contributed by atoms with Crippen molar-refractivity contribution < 1.29 is 4.79 Å². The Kier molecular flexibility index (Phi) is 5.83. The van der Waals surface area contributed by atoms with E-state index in [0.29, 0.717) is 31.2 Å². The van der Waals surface area contributed by atoms with Gasteiger partial charge >= 0.3 is 6.03 Å². The van der Waals surface area contributed by atoms with E-state index in [-0.39, 0.29) is 6.03 Å². The molecule has 1 aliphatic rings. The molecule has 0 aliphatic carbocycles. The van der Waals surface area contributed by atoms with E-state index in [1.54, 1.807) is 0 Å².